The highest BCUT2D eigenvalue weighted by Crippen LogP contribution is 2.49. The minimum Gasteiger partial charge on any atom is -0.491 e. The number of benzene rings is 1. The molecule has 0 atom stereocenters. The molecule has 0 bridgehead atoms. The van der Waals surface area contributed by atoms with Crippen LogP contribution in [0, 0.1) is 5.41 Å². The summed E-state index contributed by atoms with van der Waals surface area (Å²) in [6.07, 6.45) is 5.24. The summed E-state index contributed by atoms with van der Waals surface area (Å²) in [7, 11) is 0. The molecule has 1 aliphatic carbocycles. The molecule has 22 heavy (non-hydrogen) atoms. The molecule has 0 spiro atoms. The van der Waals surface area contributed by atoms with Gasteiger partial charge in [-0.15, -0.1) is 24.0 Å². The number of nitrogens with one attached hydrogen (secondary N) is 1. The topological polar surface area (TPSA) is 59.6 Å². The van der Waals surface area contributed by atoms with Crippen LogP contribution in [0.1, 0.15) is 46.5 Å². The summed E-state index contributed by atoms with van der Waals surface area (Å²) in [6.45, 7) is 7.10. The fourth-order valence-electron chi connectivity index (χ4n) is 2.52. The lowest BCUT2D eigenvalue weighted by Crippen LogP contribution is -2.24. The van der Waals surface area contributed by atoms with Crippen LogP contribution >= 0.6 is 24.0 Å². The van der Waals surface area contributed by atoms with Crippen LogP contribution in [-0.2, 0) is 0 Å². The predicted octanol–water partition coefficient (Wildman–Crippen LogP) is 4.40. The Balaban J connectivity index is 0.00000242. The summed E-state index contributed by atoms with van der Waals surface area (Å²) >= 11 is 0. The number of nitrogens with zero attached hydrogens (tertiary/aromatic N) is 1. The molecule has 5 heteroatoms. The van der Waals surface area contributed by atoms with Crippen molar-refractivity contribution >= 4 is 35.6 Å². The molecule has 1 saturated carbocycles. The zero-order chi connectivity index (χ0) is 15.3. The Morgan fingerprint density at radius 3 is 2.45 bits per heavy atom. The van der Waals surface area contributed by atoms with Gasteiger partial charge in [0.15, 0.2) is 5.96 Å². The number of rotatable bonds is 7. The summed E-state index contributed by atoms with van der Waals surface area (Å²) < 4.78 is 5.61. The van der Waals surface area contributed by atoms with E-state index in [1.54, 1.807) is 0 Å². The maximum absolute atomic E-state index is 5.96. The van der Waals surface area contributed by atoms with Crippen molar-refractivity contribution in [2.75, 3.05) is 11.9 Å². The van der Waals surface area contributed by atoms with E-state index in [0.717, 1.165) is 18.0 Å². The van der Waals surface area contributed by atoms with E-state index >= 15 is 0 Å². The van der Waals surface area contributed by atoms with E-state index in [1.165, 1.54) is 25.7 Å². The Kier molecular flexibility index (Phi) is 7.45. The number of aliphatic imine (C=N–C) groups is 1. The second-order valence-corrected chi connectivity index (χ2v) is 6.27. The van der Waals surface area contributed by atoms with Gasteiger partial charge in [-0.1, -0.05) is 13.3 Å². The maximum atomic E-state index is 5.96. The third-order valence-corrected chi connectivity index (χ3v) is 3.82. The zero-order valence-corrected chi connectivity index (χ0v) is 16.1. The summed E-state index contributed by atoms with van der Waals surface area (Å²) in [5.74, 6) is 1.36. The lowest BCUT2D eigenvalue weighted by Gasteiger charge is -2.12. The molecule has 1 aliphatic rings. The Morgan fingerprint density at radius 2 is 1.95 bits per heavy atom. The quantitative estimate of drug-likeness (QED) is 0.393. The first-order valence-electron chi connectivity index (χ1n) is 7.87. The van der Waals surface area contributed by atoms with Gasteiger partial charge in [0.05, 0.1) is 6.10 Å². The van der Waals surface area contributed by atoms with Crippen LogP contribution in [0.15, 0.2) is 29.3 Å². The Morgan fingerprint density at radius 1 is 1.32 bits per heavy atom. The van der Waals surface area contributed by atoms with Crippen LogP contribution in [0.5, 0.6) is 5.75 Å². The van der Waals surface area contributed by atoms with Crippen molar-refractivity contribution in [3.63, 3.8) is 0 Å². The van der Waals surface area contributed by atoms with Crippen LogP contribution in [0.2, 0.25) is 0 Å². The van der Waals surface area contributed by atoms with Crippen molar-refractivity contribution in [1.82, 2.24) is 0 Å². The highest BCUT2D eigenvalue weighted by Gasteiger charge is 2.41. The summed E-state index contributed by atoms with van der Waals surface area (Å²) in [4.78, 5) is 4.50. The molecule has 124 valence electrons. The smallest absolute Gasteiger partial charge is 0.193 e. The van der Waals surface area contributed by atoms with Gasteiger partial charge in [0.1, 0.15) is 5.75 Å². The highest BCUT2D eigenvalue weighted by molar-refractivity contribution is 14.0. The van der Waals surface area contributed by atoms with Crippen LogP contribution in [0.4, 0.5) is 5.69 Å². The van der Waals surface area contributed by atoms with Crippen molar-refractivity contribution in [1.29, 1.82) is 0 Å². The Bertz CT molecular complexity index is 481. The van der Waals surface area contributed by atoms with Crippen molar-refractivity contribution < 1.29 is 4.74 Å². The van der Waals surface area contributed by atoms with Gasteiger partial charge in [-0.25, -0.2) is 0 Å². The molecule has 0 heterocycles. The summed E-state index contributed by atoms with van der Waals surface area (Å²) in [6, 6.07) is 7.79. The van der Waals surface area contributed by atoms with E-state index in [4.69, 9.17) is 10.5 Å². The molecule has 0 unspecified atom stereocenters. The number of nitrogens with two attached hydrogens (primary N) is 1. The molecule has 1 fully saturated rings. The summed E-state index contributed by atoms with van der Waals surface area (Å²) in [5, 5.41) is 3.14. The van der Waals surface area contributed by atoms with Crippen molar-refractivity contribution in [2.45, 2.75) is 52.6 Å². The van der Waals surface area contributed by atoms with Crippen molar-refractivity contribution in [2.24, 2.45) is 16.1 Å². The molecule has 0 radical (unpaired) electrons. The van der Waals surface area contributed by atoms with Crippen LogP contribution < -0.4 is 15.8 Å². The molecule has 3 N–H and O–H groups in total. The minimum atomic E-state index is 0. The summed E-state index contributed by atoms with van der Waals surface area (Å²) in [5.41, 5.74) is 7.34. The molecule has 4 nitrogen and oxygen atoms in total. The van der Waals surface area contributed by atoms with E-state index in [0.29, 0.717) is 11.4 Å². The van der Waals surface area contributed by atoms with E-state index < -0.39 is 0 Å². The fourth-order valence-corrected chi connectivity index (χ4v) is 2.52. The molecule has 0 aromatic heterocycles. The molecule has 2 rings (SSSR count). The molecular weight excluding hydrogens is 389 g/mol. The Labute approximate surface area is 150 Å². The first kappa shape index (κ1) is 19.1. The number of hydrogen-bond donors (Lipinski definition) is 2. The van der Waals surface area contributed by atoms with Gasteiger partial charge in [0, 0.05) is 12.2 Å². The van der Waals surface area contributed by atoms with Gasteiger partial charge in [-0.2, -0.15) is 0 Å². The minimum absolute atomic E-state index is 0. The number of anilines is 1. The van der Waals surface area contributed by atoms with E-state index in [-0.39, 0.29) is 30.1 Å². The van der Waals surface area contributed by atoms with Gasteiger partial charge in [0.25, 0.3) is 0 Å². The maximum Gasteiger partial charge on any atom is 0.193 e. The van der Waals surface area contributed by atoms with Gasteiger partial charge >= 0.3 is 0 Å². The third kappa shape index (κ3) is 6.02. The second kappa shape index (κ2) is 8.60. The lowest BCUT2D eigenvalue weighted by molar-refractivity contribution is 0.242. The molecular formula is C17H28IN3O. The van der Waals surface area contributed by atoms with Gasteiger partial charge in [-0.05, 0) is 62.8 Å². The van der Waals surface area contributed by atoms with Crippen LogP contribution in [0.25, 0.3) is 0 Å². The predicted molar refractivity (Wildman–Crippen MR) is 104 cm³/mol. The lowest BCUT2D eigenvalue weighted by atomic mass is 10.0. The highest BCUT2D eigenvalue weighted by atomic mass is 127. The van der Waals surface area contributed by atoms with Crippen molar-refractivity contribution in [3.8, 4) is 5.75 Å². The molecule has 0 aliphatic heterocycles. The molecule has 0 amide bonds. The first-order valence-corrected chi connectivity index (χ1v) is 7.87. The largest absolute Gasteiger partial charge is 0.491 e. The molecule has 0 saturated heterocycles. The first-order chi connectivity index (χ1) is 10.0. The van der Waals surface area contributed by atoms with Gasteiger partial charge in [0.2, 0.25) is 0 Å². The van der Waals surface area contributed by atoms with Crippen molar-refractivity contribution in [3.05, 3.63) is 24.3 Å². The number of halogens is 1. The van der Waals surface area contributed by atoms with Crippen LogP contribution in [0.3, 0.4) is 0 Å². The SMILES string of the molecule is CCCC1(CN=C(N)Nc2ccc(OC(C)C)cc2)CC1.I. The number of ether oxygens (including phenoxy) is 1. The van der Waals surface area contributed by atoms with Crippen LogP contribution in [-0.4, -0.2) is 18.6 Å². The van der Waals surface area contributed by atoms with E-state index in [9.17, 15) is 0 Å². The number of hydrogen-bond acceptors (Lipinski definition) is 2. The fraction of sp³-hybridized carbons (Fsp3) is 0.588. The monoisotopic (exact) mass is 417 g/mol. The standard InChI is InChI=1S/C17H27N3O.HI/c1-4-9-17(10-11-17)12-19-16(18)20-14-5-7-15(8-6-14)21-13(2)3;/h5-8,13H,4,9-12H2,1-3H3,(H3,18,19,20);1H. The molecule has 1 aromatic rings. The van der Waals surface area contributed by atoms with Gasteiger partial charge < -0.3 is 15.8 Å². The van der Waals surface area contributed by atoms with E-state index in [2.05, 4.69) is 17.2 Å². The normalized spacial score (nSPS) is 16.1. The van der Waals surface area contributed by atoms with Gasteiger partial charge in [-0.3, -0.25) is 4.99 Å². The zero-order valence-electron chi connectivity index (χ0n) is 13.8. The van der Waals surface area contributed by atoms with E-state index in [1.807, 2.05) is 38.1 Å². The Hall–Kier alpha value is -0.980. The third-order valence-electron chi connectivity index (χ3n) is 3.82. The average molecular weight is 417 g/mol. The number of guanidine groups is 1. The average Bonchev–Trinajstić information content (AvgIpc) is 3.19. The second-order valence-electron chi connectivity index (χ2n) is 6.27. The molecule has 1 aromatic carbocycles.